The molecule has 1 unspecified atom stereocenters. The SMILES string of the molecule is CCNCC(CCCC(C)(C)C)c1ccccc1. The molecule has 18 heavy (non-hydrogen) atoms. The molecule has 0 fully saturated rings. The van der Waals surface area contributed by atoms with Crippen LogP contribution in [-0.2, 0) is 0 Å². The van der Waals surface area contributed by atoms with Gasteiger partial charge in [-0.1, -0.05) is 64.4 Å². The topological polar surface area (TPSA) is 12.0 Å². The first-order chi connectivity index (χ1) is 8.53. The second-order valence-corrected chi connectivity index (χ2v) is 6.37. The molecule has 1 rings (SSSR count). The predicted octanol–water partition coefficient (Wildman–Crippen LogP) is 4.60. The highest BCUT2D eigenvalue weighted by Crippen LogP contribution is 2.27. The van der Waals surface area contributed by atoms with Crippen molar-refractivity contribution in [3.63, 3.8) is 0 Å². The van der Waals surface area contributed by atoms with Crippen molar-refractivity contribution in [2.24, 2.45) is 5.41 Å². The smallest absolute Gasteiger partial charge is 0.00200 e. The van der Waals surface area contributed by atoms with E-state index in [-0.39, 0.29) is 0 Å². The van der Waals surface area contributed by atoms with E-state index in [1.807, 2.05) is 0 Å². The lowest BCUT2D eigenvalue weighted by Gasteiger charge is -2.22. The third kappa shape index (κ3) is 6.20. The second-order valence-electron chi connectivity index (χ2n) is 6.37. The molecule has 0 saturated carbocycles. The van der Waals surface area contributed by atoms with Crippen LogP contribution in [0.4, 0.5) is 0 Å². The van der Waals surface area contributed by atoms with Crippen molar-refractivity contribution in [3.8, 4) is 0 Å². The average molecular weight is 247 g/mol. The third-order valence-electron chi connectivity index (χ3n) is 3.39. The minimum atomic E-state index is 0.458. The van der Waals surface area contributed by atoms with Gasteiger partial charge in [-0.15, -0.1) is 0 Å². The molecule has 0 saturated heterocycles. The van der Waals surface area contributed by atoms with E-state index in [0.29, 0.717) is 11.3 Å². The van der Waals surface area contributed by atoms with Gasteiger partial charge in [0, 0.05) is 6.54 Å². The van der Waals surface area contributed by atoms with E-state index in [1.165, 1.54) is 24.8 Å². The first kappa shape index (κ1) is 15.2. The Kier molecular flexibility index (Phi) is 6.42. The molecule has 0 radical (unpaired) electrons. The lowest BCUT2D eigenvalue weighted by Crippen LogP contribution is -2.21. The first-order valence-corrected chi connectivity index (χ1v) is 7.28. The van der Waals surface area contributed by atoms with Gasteiger partial charge in [-0.25, -0.2) is 0 Å². The highest BCUT2D eigenvalue weighted by atomic mass is 14.8. The lowest BCUT2D eigenvalue weighted by molar-refractivity contribution is 0.351. The largest absolute Gasteiger partial charge is 0.316 e. The Labute approximate surface area is 113 Å². The molecule has 0 amide bonds. The molecule has 1 N–H and O–H groups in total. The summed E-state index contributed by atoms with van der Waals surface area (Å²) in [6.45, 7) is 11.3. The highest BCUT2D eigenvalue weighted by Gasteiger charge is 2.14. The van der Waals surface area contributed by atoms with Crippen LogP contribution in [0.3, 0.4) is 0 Å². The van der Waals surface area contributed by atoms with Gasteiger partial charge < -0.3 is 5.32 Å². The van der Waals surface area contributed by atoms with Crippen molar-refractivity contribution in [2.45, 2.75) is 52.9 Å². The molecule has 0 aliphatic carbocycles. The van der Waals surface area contributed by atoms with Gasteiger partial charge in [-0.2, -0.15) is 0 Å². The van der Waals surface area contributed by atoms with Crippen LogP contribution in [0.5, 0.6) is 0 Å². The minimum Gasteiger partial charge on any atom is -0.316 e. The monoisotopic (exact) mass is 247 g/mol. The average Bonchev–Trinajstić information content (AvgIpc) is 2.33. The number of benzene rings is 1. The van der Waals surface area contributed by atoms with Crippen molar-refractivity contribution in [1.29, 1.82) is 0 Å². The zero-order valence-electron chi connectivity index (χ0n) is 12.5. The summed E-state index contributed by atoms with van der Waals surface area (Å²) in [5.74, 6) is 0.661. The molecule has 0 aromatic heterocycles. The molecule has 1 nitrogen and oxygen atoms in total. The number of rotatable bonds is 7. The number of hydrogen-bond acceptors (Lipinski definition) is 1. The molecule has 0 bridgehead atoms. The molecule has 1 aromatic carbocycles. The van der Waals surface area contributed by atoms with E-state index in [0.717, 1.165) is 13.1 Å². The Morgan fingerprint density at radius 1 is 1.11 bits per heavy atom. The van der Waals surface area contributed by atoms with Crippen LogP contribution in [-0.4, -0.2) is 13.1 Å². The lowest BCUT2D eigenvalue weighted by atomic mass is 9.86. The maximum Gasteiger partial charge on any atom is 0.00200 e. The van der Waals surface area contributed by atoms with E-state index in [4.69, 9.17) is 0 Å². The summed E-state index contributed by atoms with van der Waals surface area (Å²) in [6, 6.07) is 10.9. The van der Waals surface area contributed by atoms with Crippen LogP contribution >= 0.6 is 0 Å². The number of nitrogens with one attached hydrogen (secondary N) is 1. The Morgan fingerprint density at radius 2 is 1.78 bits per heavy atom. The van der Waals surface area contributed by atoms with Crippen molar-refractivity contribution < 1.29 is 0 Å². The van der Waals surface area contributed by atoms with Gasteiger partial charge in [-0.3, -0.25) is 0 Å². The standard InChI is InChI=1S/C17H29N/c1-5-18-14-16(12-9-13-17(2,3)4)15-10-7-6-8-11-15/h6-8,10-11,16,18H,5,9,12-14H2,1-4H3. The molecule has 0 aliphatic heterocycles. The molecule has 1 heteroatoms. The Morgan fingerprint density at radius 3 is 2.33 bits per heavy atom. The normalized spacial score (nSPS) is 13.6. The Balaban J connectivity index is 2.51. The summed E-state index contributed by atoms with van der Waals surface area (Å²) in [7, 11) is 0. The molecule has 1 aromatic rings. The van der Waals surface area contributed by atoms with Crippen LogP contribution in [0.1, 0.15) is 58.4 Å². The highest BCUT2D eigenvalue weighted by molar-refractivity contribution is 5.19. The first-order valence-electron chi connectivity index (χ1n) is 7.28. The third-order valence-corrected chi connectivity index (χ3v) is 3.39. The molecular weight excluding hydrogens is 218 g/mol. The summed E-state index contributed by atoms with van der Waals surface area (Å²) < 4.78 is 0. The van der Waals surface area contributed by atoms with Crippen molar-refractivity contribution in [3.05, 3.63) is 35.9 Å². The van der Waals surface area contributed by atoms with Gasteiger partial charge in [0.1, 0.15) is 0 Å². The van der Waals surface area contributed by atoms with Crippen LogP contribution in [0.2, 0.25) is 0 Å². The second kappa shape index (κ2) is 7.58. The number of likely N-dealkylation sites (N-methyl/N-ethyl adjacent to an activating group) is 1. The summed E-state index contributed by atoms with van der Waals surface area (Å²) in [5.41, 5.74) is 1.94. The maximum atomic E-state index is 3.49. The molecule has 0 spiro atoms. The molecule has 1 atom stereocenters. The minimum absolute atomic E-state index is 0.458. The van der Waals surface area contributed by atoms with Crippen LogP contribution < -0.4 is 5.32 Å². The molecule has 0 heterocycles. The van der Waals surface area contributed by atoms with E-state index in [9.17, 15) is 0 Å². The van der Waals surface area contributed by atoms with E-state index >= 15 is 0 Å². The van der Waals surface area contributed by atoms with E-state index < -0.39 is 0 Å². The zero-order valence-corrected chi connectivity index (χ0v) is 12.5. The van der Waals surface area contributed by atoms with Gasteiger partial charge in [0.15, 0.2) is 0 Å². The fourth-order valence-electron chi connectivity index (χ4n) is 2.31. The van der Waals surface area contributed by atoms with E-state index in [2.05, 4.69) is 63.3 Å². The van der Waals surface area contributed by atoms with E-state index in [1.54, 1.807) is 0 Å². The quantitative estimate of drug-likeness (QED) is 0.742. The van der Waals surface area contributed by atoms with Gasteiger partial charge in [-0.05, 0) is 36.3 Å². The Hall–Kier alpha value is -0.820. The molecule has 102 valence electrons. The van der Waals surface area contributed by atoms with Crippen LogP contribution in [0.15, 0.2) is 30.3 Å². The molecular formula is C17H29N. The summed E-state index contributed by atoms with van der Waals surface area (Å²) in [6.07, 6.45) is 3.91. The fraction of sp³-hybridized carbons (Fsp3) is 0.647. The summed E-state index contributed by atoms with van der Waals surface area (Å²) >= 11 is 0. The Bertz CT molecular complexity index is 310. The van der Waals surface area contributed by atoms with Crippen molar-refractivity contribution >= 4 is 0 Å². The summed E-state index contributed by atoms with van der Waals surface area (Å²) in [4.78, 5) is 0. The molecule has 0 aliphatic rings. The summed E-state index contributed by atoms with van der Waals surface area (Å²) in [5, 5.41) is 3.49. The van der Waals surface area contributed by atoms with Gasteiger partial charge in [0.2, 0.25) is 0 Å². The zero-order chi connectivity index (χ0) is 13.4. The fourth-order valence-corrected chi connectivity index (χ4v) is 2.31. The van der Waals surface area contributed by atoms with Crippen LogP contribution in [0.25, 0.3) is 0 Å². The maximum absolute atomic E-state index is 3.49. The predicted molar refractivity (Wildman–Crippen MR) is 81.0 cm³/mol. The van der Waals surface area contributed by atoms with Crippen molar-refractivity contribution in [1.82, 2.24) is 5.32 Å². The van der Waals surface area contributed by atoms with Gasteiger partial charge in [0.05, 0.1) is 0 Å². The van der Waals surface area contributed by atoms with Gasteiger partial charge >= 0.3 is 0 Å². The number of hydrogen-bond donors (Lipinski definition) is 1. The van der Waals surface area contributed by atoms with Crippen LogP contribution in [0, 0.1) is 5.41 Å². The van der Waals surface area contributed by atoms with Gasteiger partial charge in [0.25, 0.3) is 0 Å². The van der Waals surface area contributed by atoms with Crippen molar-refractivity contribution in [2.75, 3.05) is 13.1 Å².